The average Bonchev–Trinajstić information content (AvgIpc) is 3.00. The van der Waals surface area contributed by atoms with E-state index in [9.17, 15) is 0 Å². The minimum absolute atomic E-state index is 0.0707. The highest BCUT2D eigenvalue weighted by Gasteiger charge is 2.51. The Hall–Kier alpha value is -0.200. The van der Waals surface area contributed by atoms with Crippen LogP contribution in [0.2, 0.25) is 0 Å². The molecule has 4 aliphatic heterocycles. The molecule has 6 fully saturated rings. The molecule has 0 aromatic carbocycles. The van der Waals surface area contributed by atoms with Gasteiger partial charge in [-0.15, -0.1) is 0 Å². The molecule has 166 valence electrons. The molecule has 4 unspecified atom stereocenters. The summed E-state index contributed by atoms with van der Waals surface area (Å²) in [5, 5.41) is 3.86. The second kappa shape index (κ2) is 9.12. The van der Waals surface area contributed by atoms with Gasteiger partial charge in [0.2, 0.25) is 0 Å². The lowest BCUT2D eigenvalue weighted by molar-refractivity contribution is -0.0761. The van der Waals surface area contributed by atoms with Crippen LogP contribution < -0.4 is 5.32 Å². The zero-order valence-electron chi connectivity index (χ0n) is 18.4. The largest absolute Gasteiger partial charge is 0.378 e. The first-order chi connectivity index (χ1) is 14.3. The van der Waals surface area contributed by atoms with Crippen LogP contribution >= 0.6 is 0 Å². The van der Waals surface area contributed by atoms with Gasteiger partial charge >= 0.3 is 0 Å². The van der Waals surface area contributed by atoms with Gasteiger partial charge in [-0.3, -0.25) is 4.90 Å². The molecule has 5 nitrogen and oxygen atoms in total. The summed E-state index contributed by atoms with van der Waals surface area (Å²) < 4.78 is 19.2. The number of hydrogen-bond donors (Lipinski definition) is 1. The predicted molar refractivity (Wildman–Crippen MR) is 114 cm³/mol. The Morgan fingerprint density at radius 2 is 1.79 bits per heavy atom. The topological polar surface area (TPSA) is 43.0 Å². The van der Waals surface area contributed by atoms with Crippen molar-refractivity contribution in [2.75, 3.05) is 39.5 Å². The number of hydrogen-bond acceptors (Lipinski definition) is 5. The molecule has 6 aliphatic rings. The van der Waals surface area contributed by atoms with Crippen LogP contribution in [0.3, 0.4) is 0 Å². The van der Waals surface area contributed by atoms with Crippen LogP contribution in [0.25, 0.3) is 0 Å². The molecule has 2 saturated carbocycles. The number of fused-ring (bicyclic) bond motifs is 6. The lowest BCUT2D eigenvalue weighted by atomic mass is 9.71. The van der Waals surface area contributed by atoms with Crippen molar-refractivity contribution in [3.63, 3.8) is 0 Å². The van der Waals surface area contributed by atoms with Gasteiger partial charge in [-0.2, -0.15) is 0 Å². The number of morpholine rings is 1. The standard InChI is InChI=1S/C24H42N2O3/c1-18-15-24(17-27-14-11-25-24)23-16-29-20-9-7-19(8-10-20)21-5-2-3-6-22(21)28-13-4-12-26(18)23/h18-23,25H,2-17H2,1H3/t18?,19?,20?,21?,22?,23?,24-/m1/s1. The van der Waals surface area contributed by atoms with E-state index in [0.29, 0.717) is 24.3 Å². The minimum Gasteiger partial charge on any atom is -0.378 e. The third-order valence-corrected chi connectivity index (χ3v) is 8.81. The van der Waals surface area contributed by atoms with Gasteiger partial charge in [-0.05, 0) is 70.1 Å². The van der Waals surface area contributed by atoms with Crippen molar-refractivity contribution >= 4 is 0 Å². The van der Waals surface area contributed by atoms with Crippen molar-refractivity contribution in [3.05, 3.63) is 0 Å². The fraction of sp³-hybridized carbons (Fsp3) is 1.00. The lowest BCUT2D eigenvalue weighted by Gasteiger charge is -2.44. The summed E-state index contributed by atoms with van der Waals surface area (Å²) in [6, 6.07) is 0.991. The Bertz CT molecular complexity index is 530. The molecule has 4 heterocycles. The first kappa shape index (κ1) is 20.7. The lowest BCUT2D eigenvalue weighted by Crippen LogP contribution is -2.62. The summed E-state index contributed by atoms with van der Waals surface area (Å²) in [5.74, 6) is 1.67. The number of rotatable bonds is 0. The number of nitrogens with zero attached hydrogens (tertiary/aromatic N) is 1. The van der Waals surface area contributed by atoms with Crippen LogP contribution in [0.15, 0.2) is 0 Å². The van der Waals surface area contributed by atoms with Gasteiger partial charge in [0.05, 0.1) is 43.6 Å². The highest BCUT2D eigenvalue weighted by atomic mass is 16.5. The van der Waals surface area contributed by atoms with E-state index in [4.69, 9.17) is 14.2 Å². The second-order valence-electron chi connectivity index (χ2n) is 10.5. The van der Waals surface area contributed by atoms with Crippen molar-refractivity contribution in [2.24, 2.45) is 11.8 Å². The van der Waals surface area contributed by atoms with Crippen LogP contribution in [0.1, 0.15) is 71.1 Å². The van der Waals surface area contributed by atoms with Crippen LogP contribution in [-0.2, 0) is 14.2 Å². The third kappa shape index (κ3) is 4.27. The van der Waals surface area contributed by atoms with Gasteiger partial charge < -0.3 is 19.5 Å². The Balaban J connectivity index is 1.32. The molecule has 29 heavy (non-hydrogen) atoms. The van der Waals surface area contributed by atoms with Gasteiger partial charge in [0.25, 0.3) is 0 Å². The molecule has 1 N–H and O–H groups in total. The molecular formula is C24H42N2O3. The second-order valence-corrected chi connectivity index (χ2v) is 10.5. The SMILES string of the molecule is CC1C[C@@]2(COCCN2)C2COC3CCC(CC3)C3CCCCC3OCCCN12. The van der Waals surface area contributed by atoms with Crippen LogP contribution in [-0.4, -0.2) is 74.2 Å². The van der Waals surface area contributed by atoms with Crippen molar-refractivity contribution in [1.82, 2.24) is 10.2 Å². The summed E-state index contributed by atoms with van der Waals surface area (Å²) in [7, 11) is 0. The third-order valence-electron chi connectivity index (χ3n) is 8.81. The maximum Gasteiger partial charge on any atom is 0.0665 e. The van der Waals surface area contributed by atoms with Gasteiger partial charge in [0.15, 0.2) is 0 Å². The molecule has 0 aromatic rings. The summed E-state index contributed by atoms with van der Waals surface area (Å²) in [4.78, 5) is 2.71. The van der Waals surface area contributed by atoms with Crippen molar-refractivity contribution in [3.8, 4) is 0 Å². The van der Waals surface area contributed by atoms with E-state index >= 15 is 0 Å². The van der Waals surface area contributed by atoms with Gasteiger partial charge in [-0.25, -0.2) is 0 Å². The maximum absolute atomic E-state index is 6.63. The Kier molecular flexibility index (Phi) is 6.50. The van der Waals surface area contributed by atoms with Crippen LogP contribution in [0.5, 0.6) is 0 Å². The Labute approximate surface area is 177 Å². The summed E-state index contributed by atoms with van der Waals surface area (Å²) in [5.41, 5.74) is 0.0707. The van der Waals surface area contributed by atoms with Crippen molar-refractivity contribution in [1.29, 1.82) is 0 Å². The zero-order chi connectivity index (χ0) is 19.7. The fourth-order valence-electron chi connectivity index (χ4n) is 7.32. The normalized spacial score (nSPS) is 47.5. The molecule has 1 spiro atoms. The van der Waals surface area contributed by atoms with Crippen molar-refractivity contribution in [2.45, 2.75) is 101 Å². The molecule has 0 aromatic heterocycles. The summed E-state index contributed by atoms with van der Waals surface area (Å²) >= 11 is 0. The highest BCUT2D eigenvalue weighted by molar-refractivity contribution is 5.10. The monoisotopic (exact) mass is 406 g/mol. The maximum atomic E-state index is 6.63. The highest BCUT2D eigenvalue weighted by Crippen LogP contribution is 2.41. The summed E-state index contributed by atoms with van der Waals surface area (Å²) in [6.45, 7) is 7.91. The van der Waals surface area contributed by atoms with E-state index < -0.39 is 0 Å². The zero-order valence-corrected chi connectivity index (χ0v) is 18.4. The van der Waals surface area contributed by atoms with Gasteiger partial charge in [-0.1, -0.05) is 12.8 Å². The van der Waals surface area contributed by atoms with E-state index in [-0.39, 0.29) is 5.54 Å². The van der Waals surface area contributed by atoms with E-state index in [1.807, 2.05) is 0 Å². The molecule has 5 atom stereocenters. The summed E-state index contributed by atoms with van der Waals surface area (Å²) in [6.07, 6.45) is 13.9. The predicted octanol–water partition coefficient (Wildman–Crippen LogP) is 3.36. The Morgan fingerprint density at radius 3 is 2.62 bits per heavy atom. The van der Waals surface area contributed by atoms with E-state index in [1.165, 1.54) is 57.8 Å². The van der Waals surface area contributed by atoms with E-state index in [0.717, 1.165) is 57.8 Å². The average molecular weight is 407 g/mol. The Morgan fingerprint density at radius 1 is 0.931 bits per heavy atom. The smallest absolute Gasteiger partial charge is 0.0665 e. The molecule has 2 aliphatic carbocycles. The molecular weight excluding hydrogens is 364 g/mol. The number of nitrogens with one attached hydrogen (secondary N) is 1. The first-order valence-electron chi connectivity index (χ1n) is 12.6. The minimum atomic E-state index is 0.0707. The quantitative estimate of drug-likeness (QED) is 0.668. The molecule has 0 amide bonds. The molecule has 5 heteroatoms. The van der Waals surface area contributed by atoms with Crippen LogP contribution in [0.4, 0.5) is 0 Å². The van der Waals surface area contributed by atoms with E-state index in [2.05, 4.69) is 17.1 Å². The van der Waals surface area contributed by atoms with Gasteiger partial charge in [0, 0.05) is 25.7 Å². The van der Waals surface area contributed by atoms with E-state index in [1.54, 1.807) is 0 Å². The molecule has 0 radical (unpaired) electrons. The number of ether oxygens (including phenoxy) is 3. The molecule has 6 rings (SSSR count). The first-order valence-corrected chi connectivity index (χ1v) is 12.6. The molecule has 2 bridgehead atoms. The fourth-order valence-corrected chi connectivity index (χ4v) is 7.32. The van der Waals surface area contributed by atoms with Crippen LogP contribution in [0, 0.1) is 11.8 Å². The van der Waals surface area contributed by atoms with Gasteiger partial charge in [0.1, 0.15) is 0 Å². The molecule has 4 saturated heterocycles. The van der Waals surface area contributed by atoms with Crippen molar-refractivity contribution < 1.29 is 14.2 Å².